The predicted molar refractivity (Wildman–Crippen MR) is 71.5 cm³/mol. The van der Waals surface area contributed by atoms with Gasteiger partial charge in [-0.05, 0) is 26.0 Å². The van der Waals surface area contributed by atoms with E-state index in [9.17, 15) is 4.79 Å². The number of amides is 1. The van der Waals surface area contributed by atoms with Gasteiger partial charge in [0.1, 0.15) is 11.5 Å². The lowest BCUT2D eigenvalue weighted by atomic mass is 10.2. The summed E-state index contributed by atoms with van der Waals surface area (Å²) in [6.07, 6.45) is 0. The fourth-order valence-corrected chi connectivity index (χ4v) is 1.76. The molecule has 0 aliphatic carbocycles. The molecule has 2 rings (SSSR count). The molecule has 0 aliphatic heterocycles. The van der Waals surface area contributed by atoms with Crippen LogP contribution in [0.5, 0.6) is 0 Å². The Balaban J connectivity index is 2.28. The number of carbonyl (C=O) groups is 1. The molecule has 1 heterocycles. The molecule has 0 bridgehead atoms. The molecule has 3 N–H and O–H groups in total. The Morgan fingerprint density at radius 2 is 2.06 bits per heavy atom. The van der Waals surface area contributed by atoms with Crippen molar-refractivity contribution in [1.29, 1.82) is 0 Å². The molecule has 0 spiro atoms. The molecule has 18 heavy (non-hydrogen) atoms. The Hall–Kier alpha value is -2.30. The second-order valence-electron chi connectivity index (χ2n) is 4.09. The van der Waals surface area contributed by atoms with Crippen LogP contribution < -0.4 is 10.6 Å². The lowest BCUT2D eigenvalue weighted by Crippen LogP contribution is -2.30. The zero-order chi connectivity index (χ0) is 13.1. The molecule has 0 unspecified atom stereocenters. The number of nitrogen functional groups attached to an aromatic ring is 1. The molecule has 0 saturated heterocycles. The maximum atomic E-state index is 12.3. The van der Waals surface area contributed by atoms with Crippen molar-refractivity contribution in [3.05, 3.63) is 41.6 Å². The van der Waals surface area contributed by atoms with Crippen molar-refractivity contribution < 1.29 is 4.79 Å². The second kappa shape index (κ2) is 4.91. The number of nitrogens with zero attached hydrogens (tertiary/aromatic N) is 2. The molecule has 1 aromatic heterocycles. The first-order valence-electron chi connectivity index (χ1n) is 5.81. The van der Waals surface area contributed by atoms with Crippen LogP contribution in [0, 0.1) is 6.92 Å². The number of aromatic nitrogens is 2. The Kier molecular flexibility index (Phi) is 3.32. The van der Waals surface area contributed by atoms with Gasteiger partial charge in [-0.25, -0.2) is 0 Å². The summed E-state index contributed by atoms with van der Waals surface area (Å²) in [6, 6.07) is 9.35. The van der Waals surface area contributed by atoms with E-state index in [1.165, 1.54) is 0 Å². The van der Waals surface area contributed by atoms with E-state index in [-0.39, 0.29) is 5.91 Å². The Morgan fingerprint density at radius 3 is 2.56 bits per heavy atom. The minimum Gasteiger partial charge on any atom is -0.382 e. The van der Waals surface area contributed by atoms with Gasteiger partial charge in [0.15, 0.2) is 0 Å². The van der Waals surface area contributed by atoms with Gasteiger partial charge in [-0.3, -0.25) is 9.89 Å². The highest BCUT2D eigenvalue weighted by Gasteiger charge is 2.17. The van der Waals surface area contributed by atoms with Crippen molar-refractivity contribution in [3.63, 3.8) is 0 Å². The quantitative estimate of drug-likeness (QED) is 0.866. The number of benzene rings is 1. The Bertz CT molecular complexity index is 544. The maximum absolute atomic E-state index is 12.3. The summed E-state index contributed by atoms with van der Waals surface area (Å²) < 4.78 is 0. The van der Waals surface area contributed by atoms with E-state index < -0.39 is 0 Å². The van der Waals surface area contributed by atoms with Crippen molar-refractivity contribution >= 4 is 17.4 Å². The van der Waals surface area contributed by atoms with Crippen molar-refractivity contribution in [2.24, 2.45) is 0 Å². The molecule has 0 radical (unpaired) electrons. The largest absolute Gasteiger partial charge is 0.382 e. The van der Waals surface area contributed by atoms with E-state index in [1.807, 2.05) is 38.1 Å². The summed E-state index contributed by atoms with van der Waals surface area (Å²) in [5.41, 5.74) is 7.92. The Morgan fingerprint density at radius 1 is 1.39 bits per heavy atom. The molecule has 5 heteroatoms. The van der Waals surface area contributed by atoms with Crippen LogP contribution in [0.3, 0.4) is 0 Å². The van der Waals surface area contributed by atoms with E-state index in [0.29, 0.717) is 18.1 Å². The average molecular weight is 244 g/mol. The molecular formula is C13H16N4O. The van der Waals surface area contributed by atoms with Crippen LogP contribution in [-0.2, 0) is 0 Å². The summed E-state index contributed by atoms with van der Waals surface area (Å²) in [5, 5.41) is 6.40. The summed E-state index contributed by atoms with van der Waals surface area (Å²) in [4.78, 5) is 13.9. The van der Waals surface area contributed by atoms with Crippen LogP contribution in [0.15, 0.2) is 30.3 Å². The fourth-order valence-electron chi connectivity index (χ4n) is 1.76. The van der Waals surface area contributed by atoms with E-state index in [4.69, 9.17) is 5.73 Å². The van der Waals surface area contributed by atoms with Gasteiger partial charge in [0.05, 0.1) is 0 Å². The minimum atomic E-state index is -0.134. The highest BCUT2D eigenvalue weighted by molar-refractivity contribution is 6.05. The molecule has 1 aromatic carbocycles. The van der Waals surface area contributed by atoms with Crippen molar-refractivity contribution in [2.75, 3.05) is 17.2 Å². The van der Waals surface area contributed by atoms with E-state index in [1.54, 1.807) is 11.0 Å². The first-order valence-corrected chi connectivity index (χ1v) is 5.81. The van der Waals surface area contributed by atoms with Gasteiger partial charge in [-0.2, -0.15) is 5.10 Å². The van der Waals surface area contributed by atoms with Gasteiger partial charge in [-0.15, -0.1) is 0 Å². The standard InChI is InChI=1S/C13H16N4O/c1-3-17(10-6-4-9(2)5-7-10)13(18)11-8-12(14)16-15-11/h4-8H,3H2,1-2H3,(H3,14,15,16). The molecule has 1 amide bonds. The van der Waals surface area contributed by atoms with Crippen molar-refractivity contribution in [2.45, 2.75) is 13.8 Å². The number of anilines is 2. The highest BCUT2D eigenvalue weighted by Crippen LogP contribution is 2.17. The maximum Gasteiger partial charge on any atom is 0.276 e. The first kappa shape index (κ1) is 12.2. The van der Waals surface area contributed by atoms with Gasteiger partial charge in [0.25, 0.3) is 5.91 Å². The first-order chi connectivity index (χ1) is 8.61. The molecule has 0 fully saturated rings. The number of hydrogen-bond acceptors (Lipinski definition) is 3. The van der Waals surface area contributed by atoms with Gasteiger partial charge in [0, 0.05) is 18.3 Å². The zero-order valence-electron chi connectivity index (χ0n) is 10.5. The third kappa shape index (κ3) is 2.34. The molecule has 2 aromatic rings. The smallest absolute Gasteiger partial charge is 0.276 e. The predicted octanol–water partition coefficient (Wildman–Crippen LogP) is 1.97. The highest BCUT2D eigenvalue weighted by atomic mass is 16.2. The molecule has 0 aliphatic rings. The van der Waals surface area contributed by atoms with Crippen LogP contribution in [-0.4, -0.2) is 22.6 Å². The third-order valence-corrected chi connectivity index (χ3v) is 2.74. The van der Waals surface area contributed by atoms with E-state index in [2.05, 4.69) is 10.2 Å². The van der Waals surface area contributed by atoms with E-state index in [0.717, 1.165) is 11.3 Å². The van der Waals surface area contributed by atoms with Crippen LogP contribution in [0.2, 0.25) is 0 Å². The Labute approximate surface area is 106 Å². The van der Waals surface area contributed by atoms with Crippen LogP contribution in [0.4, 0.5) is 11.5 Å². The molecule has 0 atom stereocenters. The molecule has 0 saturated carbocycles. The fraction of sp³-hybridized carbons (Fsp3) is 0.231. The van der Waals surface area contributed by atoms with Gasteiger partial charge < -0.3 is 10.6 Å². The summed E-state index contributed by atoms with van der Waals surface area (Å²) in [5.74, 6) is 0.184. The minimum absolute atomic E-state index is 0.134. The normalized spacial score (nSPS) is 10.3. The number of nitrogens with one attached hydrogen (secondary N) is 1. The monoisotopic (exact) mass is 244 g/mol. The van der Waals surface area contributed by atoms with Crippen LogP contribution in [0.1, 0.15) is 23.0 Å². The SMILES string of the molecule is CCN(C(=O)c1cc(N)n[nH]1)c1ccc(C)cc1. The number of carbonyl (C=O) groups excluding carboxylic acids is 1. The van der Waals surface area contributed by atoms with Gasteiger partial charge in [-0.1, -0.05) is 17.7 Å². The van der Waals surface area contributed by atoms with Crippen molar-refractivity contribution in [1.82, 2.24) is 10.2 Å². The lowest BCUT2D eigenvalue weighted by molar-refractivity contribution is 0.0983. The molecule has 5 nitrogen and oxygen atoms in total. The van der Waals surface area contributed by atoms with Gasteiger partial charge >= 0.3 is 0 Å². The van der Waals surface area contributed by atoms with Crippen LogP contribution >= 0.6 is 0 Å². The van der Waals surface area contributed by atoms with Gasteiger partial charge in [0.2, 0.25) is 0 Å². The molecular weight excluding hydrogens is 228 g/mol. The van der Waals surface area contributed by atoms with Crippen LogP contribution in [0.25, 0.3) is 0 Å². The second-order valence-corrected chi connectivity index (χ2v) is 4.09. The van der Waals surface area contributed by atoms with Crippen molar-refractivity contribution in [3.8, 4) is 0 Å². The number of hydrogen-bond donors (Lipinski definition) is 2. The lowest BCUT2D eigenvalue weighted by Gasteiger charge is -2.20. The number of nitrogens with two attached hydrogens (primary N) is 1. The number of H-pyrrole nitrogens is 1. The zero-order valence-corrected chi connectivity index (χ0v) is 10.5. The number of aryl methyl sites for hydroxylation is 1. The molecule has 94 valence electrons. The summed E-state index contributed by atoms with van der Waals surface area (Å²) in [7, 11) is 0. The average Bonchev–Trinajstić information content (AvgIpc) is 2.79. The summed E-state index contributed by atoms with van der Waals surface area (Å²) >= 11 is 0. The van der Waals surface area contributed by atoms with E-state index >= 15 is 0 Å². The number of rotatable bonds is 3. The topological polar surface area (TPSA) is 75.0 Å². The summed E-state index contributed by atoms with van der Waals surface area (Å²) in [6.45, 7) is 4.52. The number of aromatic amines is 1. The third-order valence-electron chi connectivity index (χ3n) is 2.74.